The standard InChI is InChI=1S/C17H21N5O3/c1-10(20-21-18)9-22-15-11(8-19-22)5-6-13-12(15)7-14(24-13)16(23)25-17(2,3)4/h5-6,8,10,14H,7,9H2,1-4H3. The molecule has 2 unspecified atom stereocenters. The van der Waals surface area contributed by atoms with Gasteiger partial charge in [0.1, 0.15) is 11.4 Å². The molecular formula is C17H21N5O3. The van der Waals surface area contributed by atoms with Crippen LogP contribution in [0.25, 0.3) is 21.3 Å². The zero-order chi connectivity index (χ0) is 18.2. The number of carbonyl (C=O) groups excluding carboxylic acids is 1. The molecule has 1 aliphatic rings. The summed E-state index contributed by atoms with van der Waals surface area (Å²) in [4.78, 5) is 15.2. The van der Waals surface area contributed by atoms with E-state index in [1.807, 2.05) is 39.8 Å². The van der Waals surface area contributed by atoms with Crippen LogP contribution in [-0.2, 0) is 22.5 Å². The van der Waals surface area contributed by atoms with Crippen molar-refractivity contribution >= 4 is 16.9 Å². The van der Waals surface area contributed by atoms with Crippen LogP contribution in [0.5, 0.6) is 5.75 Å². The van der Waals surface area contributed by atoms with Crippen LogP contribution in [0.1, 0.15) is 33.3 Å². The molecule has 0 aliphatic carbocycles. The molecule has 0 saturated heterocycles. The Morgan fingerprint density at radius 2 is 2.32 bits per heavy atom. The molecule has 0 bridgehead atoms. The molecule has 0 spiro atoms. The number of benzene rings is 1. The fraction of sp³-hybridized carbons (Fsp3) is 0.529. The molecule has 1 aromatic heterocycles. The molecule has 2 aromatic rings. The highest BCUT2D eigenvalue weighted by Crippen LogP contribution is 2.36. The van der Waals surface area contributed by atoms with Gasteiger partial charge in [-0.05, 0) is 38.4 Å². The van der Waals surface area contributed by atoms with Crippen LogP contribution in [0.4, 0.5) is 0 Å². The van der Waals surface area contributed by atoms with Gasteiger partial charge in [0.05, 0.1) is 17.8 Å². The summed E-state index contributed by atoms with van der Waals surface area (Å²) in [5.74, 6) is 0.298. The molecule has 1 aliphatic heterocycles. The summed E-state index contributed by atoms with van der Waals surface area (Å²) in [5, 5.41) is 9.04. The summed E-state index contributed by atoms with van der Waals surface area (Å²) < 4.78 is 13.0. The van der Waals surface area contributed by atoms with E-state index in [4.69, 9.17) is 15.0 Å². The molecule has 2 atom stereocenters. The van der Waals surface area contributed by atoms with Crippen molar-refractivity contribution in [2.75, 3.05) is 0 Å². The Morgan fingerprint density at radius 3 is 3.00 bits per heavy atom. The maximum Gasteiger partial charge on any atom is 0.348 e. The first-order valence-electron chi connectivity index (χ1n) is 8.19. The SMILES string of the molecule is CC(Cn1ncc2ccc3c(c21)CC(C(=O)OC(C)(C)C)O3)N=[N+]=[N-]. The van der Waals surface area contributed by atoms with Gasteiger partial charge >= 0.3 is 5.97 Å². The topological polar surface area (TPSA) is 102 Å². The Hall–Kier alpha value is -2.73. The molecule has 0 fully saturated rings. The zero-order valence-electron chi connectivity index (χ0n) is 14.8. The third-order valence-corrected chi connectivity index (χ3v) is 3.88. The fourth-order valence-corrected chi connectivity index (χ4v) is 2.93. The van der Waals surface area contributed by atoms with E-state index >= 15 is 0 Å². The predicted molar refractivity (Wildman–Crippen MR) is 92.3 cm³/mol. The number of hydrogen-bond acceptors (Lipinski definition) is 5. The van der Waals surface area contributed by atoms with Crippen LogP contribution in [0, 0.1) is 0 Å². The Labute approximate surface area is 145 Å². The second-order valence-electron chi connectivity index (χ2n) is 7.20. The molecule has 0 N–H and O–H groups in total. The number of rotatable bonds is 4. The highest BCUT2D eigenvalue weighted by Gasteiger charge is 2.34. The molecule has 8 heteroatoms. The Bertz CT molecular complexity index is 861. The number of azide groups is 1. The Kier molecular flexibility index (Phi) is 4.30. The predicted octanol–water partition coefficient (Wildman–Crippen LogP) is 3.38. The fourth-order valence-electron chi connectivity index (χ4n) is 2.93. The monoisotopic (exact) mass is 343 g/mol. The molecule has 2 heterocycles. The molecule has 25 heavy (non-hydrogen) atoms. The molecule has 0 amide bonds. The average Bonchev–Trinajstić information content (AvgIpc) is 3.09. The van der Waals surface area contributed by atoms with E-state index < -0.39 is 11.7 Å². The lowest BCUT2D eigenvalue weighted by molar-refractivity contribution is -0.162. The van der Waals surface area contributed by atoms with Gasteiger partial charge in [0.2, 0.25) is 0 Å². The van der Waals surface area contributed by atoms with E-state index in [1.165, 1.54) is 0 Å². The normalized spacial score (nSPS) is 17.5. The van der Waals surface area contributed by atoms with Gasteiger partial charge in [-0.15, -0.1) is 0 Å². The van der Waals surface area contributed by atoms with E-state index in [0.29, 0.717) is 18.7 Å². The minimum Gasteiger partial charge on any atom is -0.478 e. The summed E-state index contributed by atoms with van der Waals surface area (Å²) >= 11 is 0. The second kappa shape index (κ2) is 6.29. The maximum absolute atomic E-state index is 12.3. The van der Waals surface area contributed by atoms with Gasteiger partial charge in [0, 0.05) is 28.8 Å². The van der Waals surface area contributed by atoms with Crippen LogP contribution >= 0.6 is 0 Å². The first kappa shape index (κ1) is 17.1. The number of ether oxygens (including phenoxy) is 2. The second-order valence-corrected chi connectivity index (χ2v) is 7.20. The van der Waals surface area contributed by atoms with Crippen LogP contribution in [0.2, 0.25) is 0 Å². The number of esters is 1. The zero-order valence-corrected chi connectivity index (χ0v) is 14.8. The molecular weight excluding hydrogens is 322 g/mol. The number of fused-ring (bicyclic) bond motifs is 3. The van der Waals surface area contributed by atoms with Crippen molar-refractivity contribution in [1.29, 1.82) is 0 Å². The minimum atomic E-state index is -0.655. The van der Waals surface area contributed by atoms with Crippen molar-refractivity contribution in [2.45, 2.75) is 58.4 Å². The van der Waals surface area contributed by atoms with Gasteiger partial charge in [0.25, 0.3) is 0 Å². The van der Waals surface area contributed by atoms with E-state index in [1.54, 1.807) is 10.9 Å². The number of carbonyl (C=O) groups is 1. The number of hydrogen-bond donors (Lipinski definition) is 0. The van der Waals surface area contributed by atoms with E-state index in [2.05, 4.69) is 15.1 Å². The first-order valence-corrected chi connectivity index (χ1v) is 8.19. The van der Waals surface area contributed by atoms with Gasteiger partial charge in [-0.1, -0.05) is 12.0 Å². The van der Waals surface area contributed by atoms with E-state index in [0.717, 1.165) is 16.5 Å². The van der Waals surface area contributed by atoms with Gasteiger partial charge in [0.15, 0.2) is 6.10 Å². The van der Waals surface area contributed by atoms with Crippen molar-refractivity contribution in [3.8, 4) is 5.75 Å². The third-order valence-electron chi connectivity index (χ3n) is 3.88. The number of nitrogens with zero attached hydrogens (tertiary/aromatic N) is 5. The van der Waals surface area contributed by atoms with Crippen LogP contribution in [0.15, 0.2) is 23.4 Å². The van der Waals surface area contributed by atoms with Crippen LogP contribution in [-0.4, -0.2) is 33.5 Å². The van der Waals surface area contributed by atoms with E-state index in [-0.39, 0.29) is 12.0 Å². The van der Waals surface area contributed by atoms with Crippen molar-refractivity contribution in [2.24, 2.45) is 5.11 Å². The summed E-state index contributed by atoms with van der Waals surface area (Å²) in [6.45, 7) is 7.78. The highest BCUT2D eigenvalue weighted by molar-refractivity contribution is 5.87. The van der Waals surface area contributed by atoms with Gasteiger partial charge in [-0.25, -0.2) is 4.79 Å². The van der Waals surface area contributed by atoms with Gasteiger partial charge < -0.3 is 9.47 Å². The van der Waals surface area contributed by atoms with Crippen molar-refractivity contribution in [1.82, 2.24) is 9.78 Å². The maximum atomic E-state index is 12.3. The molecule has 3 rings (SSSR count). The lowest BCUT2D eigenvalue weighted by atomic mass is 10.1. The van der Waals surface area contributed by atoms with Crippen LogP contribution in [0.3, 0.4) is 0 Å². The number of aromatic nitrogens is 2. The van der Waals surface area contributed by atoms with Crippen molar-refractivity contribution in [3.63, 3.8) is 0 Å². The van der Waals surface area contributed by atoms with Gasteiger partial charge in [-0.3, -0.25) is 4.68 Å². The molecule has 0 radical (unpaired) electrons. The lowest BCUT2D eigenvalue weighted by Crippen LogP contribution is -2.34. The molecule has 8 nitrogen and oxygen atoms in total. The Morgan fingerprint density at radius 1 is 1.56 bits per heavy atom. The molecule has 0 saturated carbocycles. The molecule has 1 aromatic carbocycles. The van der Waals surface area contributed by atoms with Gasteiger partial charge in [-0.2, -0.15) is 5.10 Å². The lowest BCUT2D eigenvalue weighted by Gasteiger charge is -2.21. The highest BCUT2D eigenvalue weighted by atomic mass is 16.6. The van der Waals surface area contributed by atoms with Crippen molar-refractivity contribution in [3.05, 3.63) is 34.3 Å². The average molecular weight is 343 g/mol. The summed E-state index contributed by atoms with van der Waals surface area (Å²) in [6, 6.07) is 3.53. The summed E-state index contributed by atoms with van der Waals surface area (Å²) in [7, 11) is 0. The largest absolute Gasteiger partial charge is 0.478 e. The smallest absolute Gasteiger partial charge is 0.348 e. The Balaban J connectivity index is 1.90. The first-order chi connectivity index (χ1) is 11.8. The molecule has 132 valence electrons. The third kappa shape index (κ3) is 3.53. The van der Waals surface area contributed by atoms with Crippen molar-refractivity contribution < 1.29 is 14.3 Å². The quantitative estimate of drug-likeness (QED) is 0.367. The summed E-state index contributed by atoms with van der Waals surface area (Å²) in [5.41, 5.74) is 9.86. The minimum absolute atomic E-state index is 0.229. The summed E-state index contributed by atoms with van der Waals surface area (Å²) in [6.07, 6.45) is 1.54. The van der Waals surface area contributed by atoms with E-state index in [9.17, 15) is 4.79 Å². The van der Waals surface area contributed by atoms with Crippen LogP contribution < -0.4 is 4.74 Å².